The van der Waals surface area contributed by atoms with Crippen LogP contribution in [0.3, 0.4) is 0 Å². The number of hydrogen-bond donors (Lipinski definition) is 1. The molecule has 4 aliphatic heterocycles. The van der Waals surface area contributed by atoms with Gasteiger partial charge in [-0.15, -0.1) is 0 Å². The van der Waals surface area contributed by atoms with Gasteiger partial charge in [0.2, 0.25) is 11.8 Å². The highest BCUT2D eigenvalue weighted by Crippen LogP contribution is 2.42. The molecule has 5 heterocycles. The minimum absolute atomic E-state index is 0.156. The molecule has 3 fully saturated rings. The van der Waals surface area contributed by atoms with E-state index in [1.54, 1.807) is 0 Å². The number of fused-ring (bicyclic) bond motifs is 5. The molecule has 4 aliphatic rings. The third kappa shape index (κ3) is 3.19. The molecule has 2 amide bonds. The van der Waals surface area contributed by atoms with Crippen LogP contribution in [0.25, 0.3) is 10.9 Å². The summed E-state index contributed by atoms with van der Waals surface area (Å²) in [6.07, 6.45) is 9.77. The number of nitrogens with one attached hydrogen (secondary N) is 1. The van der Waals surface area contributed by atoms with E-state index in [0.717, 1.165) is 38.9 Å². The quantitative estimate of drug-likeness (QED) is 0.780. The van der Waals surface area contributed by atoms with Crippen LogP contribution in [-0.4, -0.2) is 69.8 Å². The maximum atomic E-state index is 13.6. The van der Waals surface area contributed by atoms with Crippen molar-refractivity contribution in [3.63, 3.8) is 0 Å². The molecule has 0 saturated carbocycles. The molecule has 3 saturated heterocycles. The van der Waals surface area contributed by atoms with Gasteiger partial charge < -0.3 is 14.8 Å². The molecule has 0 unspecified atom stereocenters. The summed E-state index contributed by atoms with van der Waals surface area (Å²) in [4.78, 5) is 36.4. The zero-order valence-electron chi connectivity index (χ0n) is 17.9. The zero-order chi connectivity index (χ0) is 20.9. The standard InChI is InChI=1S/C25H30N4O2/c30-23-8-4-7-22-18-13-19(24(29(22)23)25(31)28-11-1-2-12-28)16-27(15-18)14-17-5-3-6-21-20(17)9-10-26-21/h1-3,5-6,9-10,18-19,22,24,26H,4,7-8,11-16H2/t18-,19+,22-,24+/m0/s1. The predicted octanol–water partition coefficient (Wildman–Crippen LogP) is 2.77. The van der Waals surface area contributed by atoms with Crippen molar-refractivity contribution in [2.24, 2.45) is 11.8 Å². The van der Waals surface area contributed by atoms with Gasteiger partial charge in [0.25, 0.3) is 0 Å². The third-order valence-corrected chi connectivity index (χ3v) is 7.88. The van der Waals surface area contributed by atoms with Crippen LogP contribution in [0.4, 0.5) is 0 Å². The van der Waals surface area contributed by atoms with Crippen molar-refractivity contribution in [2.45, 2.75) is 44.3 Å². The molecule has 1 N–H and O–H groups in total. The first-order valence-electron chi connectivity index (χ1n) is 11.7. The van der Waals surface area contributed by atoms with Crippen molar-refractivity contribution in [1.82, 2.24) is 19.7 Å². The van der Waals surface area contributed by atoms with Crippen molar-refractivity contribution in [3.05, 3.63) is 48.2 Å². The summed E-state index contributed by atoms with van der Waals surface area (Å²) in [5.41, 5.74) is 2.51. The van der Waals surface area contributed by atoms with Crippen LogP contribution in [-0.2, 0) is 16.1 Å². The maximum Gasteiger partial charge on any atom is 0.246 e. The van der Waals surface area contributed by atoms with E-state index in [0.29, 0.717) is 25.4 Å². The van der Waals surface area contributed by atoms with E-state index in [1.807, 2.05) is 16.0 Å². The van der Waals surface area contributed by atoms with E-state index in [-0.39, 0.29) is 29.8 Å². The van der Waals surface area contributed by atoms with E-state index in [1.165, 1.54) is 16.5 Å². The second-order valence-corrected chi connectivity index (χ2v) is 9.73. The van der Waals surface area contributed by atoms with Gasteiger partial charge >= 0.3 is 0 Å². The Bertz CT molecular complexity index is 1040. The molecule has 162 valence electrons. The minimum Gasteiger partial charge on any atom is -0.361 e. The molecule has 6 rings (SSSR count). The molecule has 0 radical (unpaired) electrons. The second kappa shape index (κ2) is 7.52. The van der Waals surface area contributed by atoms with E-state index in [4.69, 9.17) is 0 Å². The fourth-order valence-electron chi connectivity index (χ4n) is 6.57. The van der Waals surface area contributed by atoms with Crippen molar-refractivity contribution >= 4 is 22.7 Å². The lowest BCUT2D eigenvalue weighted by Gasteiger charge is -2.56. The molecule has 0 aliphatic carbocycles. The number of H-pyrrole nitrogens is 1. The van der Waals surface area contributed by atoms with E-state index in [9.17, 15) is 9.59 Å². The van der Waals surface area contributed by atoms with Gasteiger partial charge in [0.05, 0.1) is 0 Å². The molecular weight excluding hydrogens is 388 g/mol. The number of amides is 2. The number of hydrogen-bond acceptors (Lipinski definition) is 3. The molecule has 6 nitrogen and oxygen atoms in total. The Labute approximate surface area is 182 Å². The Morgan fingerprint density at radius 3 is 2.81 bits per heavy atom. The summed E-state index contributed by atoms with van der Waals surface area (Å²) < 4.78 is 0. The fraction of sp³-hybridized carbons (Fsp3) is 0.520. The van der Waals surface area contributed by atoms with E-state index in [2.05, 4.69) is 46.3 Å². The van der Waals surface area contributed by atoms with Gasteiger partial charge in [-0.05, 0) is 42.9 Å². The Balaban J connectivity index is 1.30. The smallest absolute Gasteiger partial charge is 0.246 e. The van der Waals surface area contributed by atoms with Gasteiger partial charge in [0.1, 0.15) is 6.04 Å². The van der Waals surface area contributed by atoms with Gasteiger partial charge in [-0.1, -0.05) is 24.3 Å². The number of aromatic nitrogens is 1. The van der Waals surface area contributed by atoms with Gasteiger partial charge in [-0.25, -0.2) is 0 Å². The number of carbonyl (C=O) groups is 2. The average Bonchev–Trinajstić information content (AvgIpc) is 3.47. The van der Waals surface area contributed by atoms with Crippen LogP contribution in [0.15, 0.2) is 42.6 Å². The van der Waals surface area contributed by atoms with Crippen LogP contribution >= 0.6 is 0 Å². The molecule has 2 aromatic rings. The van der Waals surface area contributed by atoms with Crippen molar-refractivity contribution < 1.29 is 9.59 Å². The number of aromatic amines is 1. The summed E-state index contributed by atoms with van der Waals surface area (Å²) in [7, 11) is 0. The lowest BCUT2D eigenvalue weighted by atomic mass is 9.71. The summed E-state index contributed by atoms with van der Waals surface area (Å²) in [5, 5.41) is 1.28. The Morgan fingerprint density at radius 1 is 1.10 bits per heavy atom. The first-order chi connectivity index (χ1) is 15.2. The number of piperidine rings is 3. The van der Waals surface area contributed by atoms with Gasteiger partial charge in [0.15, 0.2) is 0 Å². The first kappa shape index (κ1) is 19.1. The van der Waals surface area contributed by atoms with Crippen LogP contribution in [0.2, 0.25) is 0 Å². The highest BCUT2D eigenvalue weighted by Gasteiger charge is 2.52. The maximum absolute atomic E-state index is 13.6. The molecule has 2 bridgehead atoms. The Kier molecular flexibility index (Phi) is 4.64. The number of benzene rings is 1. The molecule has 1 aromatic heterocycles. The van der Waals surface area contributed by atoms with Crippen molar-refractivity contribution in [1.29, 1.82) is 0 Å². The summed E-state index contributed by atoms with van der Waals surface area (Å²) in [6.45, 7) is 4.15. The molecule has 4 atom stereocenters. The molecule has 31 heavy (non-hydrogen) atoms. The topological polar surface area (TPSA) is 59.7 Å². The largest absolute Gasteiger partial charge is 0.361 e. The number of likely N-dealkylation sites (tertiary alicyclic amines) is 1. The third-order valence-electron chi connectivity index (χ3n) is 7.88. The number of carbonyl (C=O) groups excluding carboxylic acids is 2. The van der Waals surface area contributed by atoms with Crippen LogP contribution in [0.5, 0.6) is 0 Å². The van der Waals surface area contributed by atoms with E-state index >= 15 is 0 Å². The lowest BCUT2D eigenvalue weighted by Crippen LogP contribution is -2.68. The fourth-order valence-corrected chi connectivity index (χ4v) is 6.57. The van der Waals surface area contributed by atoms with E-state index < -0.39 is 0 Å². The molecular formula is C25H30N4O2. The summed E-state index contributed by atoms with van der Waals surface area (Å²) in [5.74, 6) is 1.04. The number of rotatable bonds is 3. The van der Waals surface area contributed by atoms with Gasteiger partial charge in [-0.3, -0.25) is 14.5 Å². The number of nitrogens with zero attached hydrogens (tertiary/aromatic N) is 3. The summed E-state index contributed by atoms with van der Waals surface area (Å²) in [6, 6.07) is 8.54. The highest BCUT2D eigenvalue weighted by atomic mass is 16.2. The molecule has 0 spiro atoms. The monoisotopic (exact) mass is 418 g/mol. The van der Waals surface area contributed by atoms with Crippen molar-refractivity contribution in [3.8, 4) is 0 Å². The molecule has 1 aromatic carbocycles. The SMILES string of the molecule is O=C([C@H]1[C@@H]2C[C@@H](CN(Cc3cccc4[nH]ccc34)C2)[C@@H]2CCCC(=O)N21)N1CC=CC1. The predicted molar refractivity (Wildman–Crippen MR) is 119 cm³/mol. The first-order valence-corrected chi connectivity index (χ1v) is 11.7. The van der Waals surface area contributed by atoms with Gasteiger partial charge in [-0.2, -0.15) is 0 Å². The van der Waals surface area contributed by atoms with Crippen LogP contribution < -0.4 is 0 Å². The second-order valence-electron chi connectivity index (χ2n) is 9.73. The Hall–Kier alpha value is -2.60. The zero-order valence-corrected chi connectivity index (χ0v) is 17.9. The van der Waals surface area contributed by atoms with Crippen LogP contribution in [0.1, 0.15) is 31.2 Å². The van der Waals surface area contributed by atoms with Gasteiger partial charge in [0, 0.05) is 68.2 Å². The highest BCUT2D eigenvalue weighted by molar-refractivity contribution is 5.89. The minimum atomic E-state index is -0.292. The normalized spacial score (nSPS) is 30.8. The van der Waals surface area contributed by atoms with Crippen LogP contribution in [0, 0.1) is 11.8 Å². The molecule has 6 heteroatoms. The lowest BCUT2D eigenvalue weighted by molar-refractivity contribution is -0.164. The Morgan fingerprint density at radius 2 is 1.94 bits per heavy atom. The average molecular weight is 419 g/mol. The van der Waals surface area contributed by atoms with Crippen molar-refractivity contribution in [2.75, 3.05) is 26.2 Å². The summed E-state index contributed by atoms with van der Waals surface area (Å²) >= 11 is 0.